The molecule has 0 atom stereocenters. The SMILES string of the molecule is C=CC(=O)N1CCC(C(=O)Nc2ccn(-c3ccc(C#N)cc3F)n2)CC1. The molecule has 0 aliphatic carbocycles. The minimum absolute atomic E-state index is 0.128. The van der Waals surface area contributed by atoms with Crippen LogP contribution < -0.4 is 5.32 Å². The van der Waals surface area contributed by atoms with Gasteiger partial charge in [-0.15, -0.1) is 5.10 Å². The largest absolute Gasteiger partial charge is 0.339 e. The van der Waals surface area contributed by atoms with Crippen molar-refractivity contribution in [2.24, 2.45) is 5.92 Å². The zero-order valence-corrected chi connectivity index (χ0v) is 14.6. The maximum atomic E-state index is 14.1. The van der Waals surface area contributed by atoms with Crippen molar-refractivity contribution in [3.05, 3.63) is 54.5 Å². The molecule has 2 aromatic rings. The second-order valence-corrected chi connectivity index (χ2v) is 6.22. The average Bonchev–Trinajstić information content (AvgIpc) is 3.15. The smallest absolute Gasteiger partial charge is 0.245 e. The maximum Gasteiger partial charge on any atom is 0.245 e. The number of benzene rings is 1. The van der Waals surface area contributed by atoms with Gasteiger partial charge in [0.15, 0.2) is 5.82 Å². The van der Waals surface area contributed by atoms with Crippen molar-refractivity contribution in [1.82, 2.24) is 14.7 Å². The summed E-state index contributed by atoms with van der Waals surface area (Å²) in [5, 5.41) is 15.7. The Balaban J connectivity index is 1.63. The molecule has 1 N–H and O–H groups in total. The number of amides is 2. The molecule has 1 aromatic heterocycles. The fraction of sp³-hybridized carbons (Fsp3) is 0.263. The van der Waals surface area contributed by atoms with Gasteiger partial charge in [0.05, 0.1) is 11.6 Å². The molecule has 27 heavy (non-hydrogen) atoms. The lowest BCUT2D eigenvalue weighted by molar-refractivity contribution is -0.130. The monoisotopic (exact) mass is 367 g/mol. The molecule has 3 rings (SSSR count). The molecule has 0 bridgehead atoms. The topological polar surface area (TPSA) is 91.0 Å². The summed E-state index contributed by atoms with van der Waals surface area (Å²) in [6.07, 6.45) is 3.94. The fourth-order valence-electron chi connectivity index (χ4n) is 3.01. The van der Waals surface area contributed by atoms with E-state index in [1.54, 1.807) is 11.0 Å². The summed E-state index contributed by atoms with van der Waals surface area (Å²) in [6, 6.07) is 7.53. The molecule has 2 amide bonds. The predicted octanol–water partition coefficient (Wildman–Crippen LogP) is 2.25. The van der Waals surface area contributed by atoms with Crippen molar-refractivity contribution in [2.45, 2.75) is 12.8 Å². The molecular formula is C19H18FN5O2. The van der Waals surface area contributed by atoms with Gasteiger partial charge in [-0.2, -0.15) is 5.26 Å². The summed E-state index contributed by atoms with van der Waals surface area (Å²) in [5.74, 6) is -0.776. The average molecular weight is 367 g/mol. The van der Waals surface area contributed by atoms with Gasteiger partial charge in [0.2, 0.25) is 11.8 Å². The van der Waals surface area contributed by atoms with E-state index in [-0.39, 0.29) is 29.0 Å². The Kier molecular flexibility index (Phi) is 5.31. The molecule has 7 nitrogen and oxygen atoms in total. The third kappa shape index (κ3) is 4.03. The molecule has 138 valence electrons. The zero-order chi connectivity index (χ0) is 19.4. The van der Waals surface area contributed by atoms with Crippen molar-refractivity contribution in [2.75, 3.05) is 18.4 Å². The third-order valence-corrected chi connectivity index (χ3v) is 4.52. The highest BCUT2D eigenvalue weighted by molar-refractivity contribution is 5.92. The van der Waals surface area contributed by atoms with Crippen LogP contribution in [0.3, 0.4) is 0 Å². The predicted molar refractivity (Wildman–Crippen MR) is 96.4 cm³/mol. The number of likely N-dealkylation sites (tertiary alicyclic amines) is 1. The second kappa shape index (κ2) is 7.83. The molecule has 1 fully saturated rings. The van der Waals surface area contributed by atoms with Gasteiger partial charge in [-0.3, -0.25) is 9.59 Å². The van der Waals surface area contributed by atoms with Gasteiger partial charge in [-0.25, -0.2) is 9.07 Å². The fourth-order valence-corrected chi connectivity index (χ4v) is 3.01. The van der Waals surface area contributed by atoms with Gasteiger partial charge in [0.1, 0.15) is 11.5 Å². The Morgan fingerprint density at radius 3 is 2.70 bits per heavy atom. The van der Waals surface area contributed by atoms with E-state index in [1.165, 1.54) is 29.1 Å². The lowest BCUT2D eigenvalue weighted by Gasteiger charge is -2.30. The van der Waals surface area contributed by atoms with Crippen LogP contribution in [0.1, 0.15) is 18.4 Å². The lowest BCUT2D eigenvalue weighted by atomic mass is 9.96. The van der Waals surface area contributed by atoms with E-state index in [2.05, 4.69) is 17.0 Å². The maximum absolute atomic E-state index is 14.1. The molecule has 1 aromatic carbocycles. The summed E-state index contributed by atoms with van der Waals surface area (Å²) in [7, 11) is 0. The van der Waals surface area contributed by atoms with E-state index in [0.29, 0.717) is 31.7 Å². The number of piperidine rings is 1. The quantitative estimate of drug-likeness (QED) is 0.839. The molecule has 0 spiro atoms. The molecule has 8 heteroatoms. The second-order valence-electron chi connectivity index (χ2n) is 6.22. The van der Waals surface area contributed by atoms with Crippen LogP contribution in [0.4, 0.5) is 10.2 Å². The number of anilines is 1. The van der Waals surface area contributed by atoms with Crippen LogP contribution in [0, 0.1) is 23.1 Å². The number of carbonyl (C=O) groups is 2. The van der Waals surface area contributed by atoms with E-state index in [0.717, 1.165) is 6.07 Å². The van der Waals surface area contributed by atoms with E-state index < -0.39 is 5.82 Å². The van der Waals surface area contributed by atoms with Crippen molar-refractivity contribution in [3.63, 3.8) is 0 Å². The Morgan fingerprint density at radius 2 is 2.07 bits per heavy atom. The summed E-state index contributed by atoms with van der Waals surface area (Å²) in [4.78, 5) is 25.7. The van der Waals surface area contributed by atoms with Crippen LogP contribution in [0.25, 0.3) is 5.69 Å². The lowest BCUT2D eigenvalue weighted by Crippen LogP contribution is -2.40. The van der Waals surface area contributed by atoms with Crippen molar-refractivity contribution >= 4 is 17.6 Å². The molecule has 0 unspecified atom stereocenters. The Hall–Kier alpha value is -3.47. The summed E-state index contributed by atoms with van der Waals surface area (Å²) < 4.78 is 15.4. The third-order valence-electron chi connectivity index (χ3n) is 4.52. The Labute approximate surface area is 155 Å². The molecule has 2 heterocycles. The minimum atomic E-state index is -0.575. The summed E-state index contributed by atoms with van der Waals surface area (Å²) in [6.45, 7) is 4.48. The molecule has 0 radical (unpaired) electrons. The van der Waals surface area contributed by atoms with Gasteiger partial charge in [-0.05, 0) is 37.1 Å². The molecular weight excluding hydrogens is 349 g/mol. The van der Waals surface area contributed by atoms with Crippen LogP contribution in [-0.2, 0) is 9.59 Å². The molecule has 0 saturated carbocycles. The Bertz CT molecular complexity index is 922. The van der Waals surface area contributed by atoms with Gasteiger partial charge in [-0.1, -0.05) is 6.58 Å². The number of hydrogen-bond donors (Lipinski definition) is 1. The van der Waals surface area contributed by atoms with Gasteiger partial charge >= 0.3 is 0 Å². The summed E-state index contributed by atoms with van der Waals surface area (Å²) in [5.41, 5.74) is 0.406. The normalized spacial score (nSPS) is 14.4. The first-order chi connectivity index (χ1) is 13.0. The van der Waals surface area contributed by atoms with Crippen LogP contribution in [0.15, 0.2) is 43.1 Å². The number of halogens is 1. The van der Waals surface area contributed by atoms with Crippen LogP contribution in [0.2, 0.25) is 0 Å². The van der Waals surface area contributed by atoms with E-state index >= 15 is 0 Å². The summed E-state index contributed by atoms with van der Waals surface area (Å²) >= 11 is 0. The zero-order valence-electron chi connectivity index (χ0n) is 14.6. The number of aromatic nitrogens is 2. The first-order valence-corrected chi connectivity index (χ1v) is 8.49. The standard InChI is InChI=1S/C19H18FN5O2/c1-2-18(26)24-8-5-14(6-9-24)19(27)22-17-7-10-25(23-17)16-4-3-13(12-21)11-15(16)20/h2-4,7,10-11,14H,1,5-6,8-9H2,(H,22,23,27). The van der Waals surface area contributed by atoms with E-state index in [4.69, 9.17) is 5.26 Å². The number of nitriles is 1. The number of carbonyl (C=O) groups excluding carboxylic acids is 2. The highest BCUT2D eigenvalue weighted by atomic mass is 19.1. The van der Waals surface area contributed by atoms with E-state index in [9.17, 15) is 14.0 Å². The number of rotatable bonds is 4. The number of hydrogen-bond acceptors (Lipinski definition) is 4. The number of nitrogens with zero attached hydrogens (tertiary/aromatic N) is 4. The van der Waals surface area contributed by atoms with Gasteiger partial charge in [0, 0.05) is 31.3 Å². The van der Waals surface area contributed by atoms with Gasteiger partial charge < -0.3 is 10.2 Å². The first kappa shape index (κ1) is 18.3. The van der Waals surface area contributed by atoms with Crippen molar-refractivity contribution in [1.29, 1.82) is 5.26 Å². The first-order valence-electron chi connectivity index (χ1n) is 8.49. The van der Waals surface area contributed by atoms with Gasteiger partial charge in [0.25, 0.3) is 0 Å². The van der Waals surface area contributed by atoms with Crippen LogP contribution in [0.5, 0.6) is 0 Å². The van der Waals surface area contributed by atoms with Crippen LogP contribution >= 0.6 is 0 Å². The van der Waals surface area contributed by atoms with Crippen LogP contribution in [-0.4, -0.2) is 39.6 Å². The highest BCUT2D eigenvalue weighted by Gasteiger charge is 2.26. The van der Waals surface area contributed by atoms with Crippen molar-refractivity contribution in [3.8, 4) is 11.8 Å². The molecule has 1 aliphatic heterocycles. The minimum Gasteiger partial charge on any atom is -0.339 e. The molecule has 1 aliphatic rings. The molecule has 1 saturated heterocycles. The highest BCUT2D eigenvalue weighted by Crippen LogP contribution is 2.20. The van der Waals surface area contributed by atoms with E-state index in [1.807, 2.05) is 6.07 Å². The van der Waals surface area contributed by atoms with Crippen molar-refractivity contribution < 1.29 is 14.0 Å². The Morgan fingerprint density at radius 1 is 1.33 bits per heavy atom. The number of nitrogens with one attached hydrogen (secondary N) is 1.